The normalized spacial score (nSPS) is 11.0. The SMILES string of the molecule is Cc1ccc(-c2cc(CNCC(C)C)no2)cc1[N+](=O)[O-]. The summed E-state index contributed by atoms with van der Waals surface area (Å²) in [7, 11) is 0. The predicted octanol–water partition coefficient (Wildman–Crippen LogP) is 3.30. The smallest absolute Gasteiger partial charge is 0.273 e. The first-order valence-electron chi connectivity index (χ1n) is 6.89. The lowest BCUT2D eigenvalue weighted by Crippen LogP contribution is -2.18. The summed E-state index contributed by atoms with van der Waals surface area (Å²) in [6, 6.07) is 6.84. The van der Waals surface area contributed by atoms with Crippen LogP contribution < -0.4 is 5.32 Å². The third-order valence-corrected chi connectivity index (χ3v) is 3.11. The van der Waals surface area contributed by atoms with Gasteiger partial charge in [0.05, 0.1) is 10.6 Å². The molecule has 2 rings (SSSR count). The molecule has 0 aliphatic rings. The molecule has 0 atom stereocenters. The molecular weight excluding hydrogens is 270 g/mol. The molecule has 1 aromatic heterocycles. The second-order valence-corrected chi connectivity index (χ2v) is 5.47. The molecule has 0 fully saturated rings. The van der Waals surface area contributed by atoms with E-state index in [0.717, 1.165) is 12.2 Å². The number of nitrogens with zero attached hydrogens (tertiary/aromatic N) is 2. The van der Waals surface area contributed by atoms with Crippen LogP contribution in [0.2, 0.25) is 0 Å². The molecule has 0 spiro atoms. The van der Waals surface area contributed by atoms with Crippen molar-refractivity contribution >= 4 is 5.69 Å². The minimum atomic E-state index is -0.389. The van der Waals surface area contributed by atoms with Crippen molar-refractivity contribution in [2.24, 2.45) is 5.92 Å². The first-order valence-corrected chi connectivity index (χ1v) is 6.89. The van der Waals surface area contributed by atoms with Crippen molar-refractivity contribution in [3.63, 3.8) is 0 Å². The fourth-order valence-corrected chi connectivity index (χ4v) is 1.98. The van der Waals surface area contributed by atoms with Crippen molar-refractivity contribution in [2.75, 3.05) is 6.54 Å². The topological polar surface area (TPSA) is 81.2 Å². The van der Waals surface area contributed by atoms with Crippen molar-refractivity contribution in [1.82, 2.24) is 10.5 Å². The Labute approximate surface area is 123 Å². The zero-order valence-electron chi connectivity index (χ0n) is 12.4. The Balaban J connectivity index is 2.14. The lowest BCUT2D eigenvalue weighted by atomic mass is 10.1. The van der Waals surface area contributed by atoms with Crippen LogP contribution in [0.15, 0.2) is 28.8 Å². The maximum atomic E-state index is 11.0. The maximum absolute atomic E-state index is 11.0. The molecule has 21 heavy (non-hydrogen) atoms. The van der Waals surface area contributed by atoms with Gasteiger partial charge in [0.25, 0.3) is 5.69 Å². The minimum Gasteiger partial charge on any atom is -0.356 e. The van der Waals surface area contributed by atoms with E-state index in [1.807, 2.05) is 6.07 Å². The van der Waals surface area contributed by atoms with E-state index in [2.05, 4.69) is 24.3 Å². The van der Waals surface area contributed by atoms with E-state index in [9.17, 15) is 10.1 Å². The molecule has 112 valence electrons. The molecule has 0 aliphatic heterocycles. The van der Waals surface area contributed by atoms with Crippen LogP contribution in [0.3, 0.4) is 0 Å². The Morgan fingerprint density at radius 2 is 2.14 bits per heavy atom. The molecule has 0 amide bonds. The van der Waals surface area contributed by atoms with Gasteiger partial charge < -0.3 is 9.84 Å². The molecule has 6 nitrogen and oxygen atoms in total. The second-order valence-electron chi connectivity index (χ2n) is 5.47. The standard InChI is InChI=1S/C15H19N3O3/c1-10(2)8-16-9-13-7-15(21-17-13)12-5-4-11(3)14(6-12)18(19)20/h4-7,10,16H,8-9H2,1-3H3. The predicted molar refractivity (Wildman–Crippen MR) is 79.9 cm³/mol. The summed E-state index contributed by atoms with van der Waals surface area (Å²) in [5.41, 5.74) is 2.16. The average Bonchev–Trinajstić information content (AvgIpc) is 2.87. The van der Waals surface area contributed by atoms with Crippen LogP contribution in [0, 0.1) is 23.0 Å². The highest BCUT2D eigenvalue weighted by Gasteiger charge is 2.14. The summed E-state index contributed by atoms with van der Waals surface area (Å²) in [4.78, 5) is 10.6. The van der Waals surface area contributed by atoms with E-state index in [1.165, 1.54) is 6.07 Å². The Bertz CT molecular complexity index is 635. The van der Waals surface area contributed by atoms with E-state index >= 15 is 0 Å². The van der Waals surface area contributed by atoms with Crippen molar-refractivity contribution in [2.45, 2.75) is 27.3 Å². The monoisotopic (exact) mass is 289 g/mol. The number of hydrogen-bond donors (Lipinski definition) is 1. The van der Waals surface area contributed by atoms with Gasteiger partial charge in [-0.25, -0.2) is 0 Å². The molecule has 0 unspecified atom stereocenters. The third-order valence-electron chi connectivity index (χ3n) is 3.11. The first kappa shape index (κ1) is 15.2. The van der Waals surface area contributed by atoms with Crippen LogP contribution in [-0.2, 0) is 6.54 Å². The highest BCUT2D eigenvalue weighted by molar-refractivity contribution is 5.62. The summed E-state index contributed by atoms with van der Waals surface area (Å²) in [6.07, 6.45) is 0. The van der Waals surface area contributed by atoms with Gasteiger partial charge in [0.1, 0.15) is 0 Å². The van der Waals surface area contributed by atoms with Gasteiger partial charge >= 0.3 is 0 Å². The van der Waals surface area contributed by atoms with E-state index < -0.39 is 0 Å². The number of nitro benzene ring substituents is 1. The summed E-state index contributed by atoms with van der Waals surface area (Å²) < 4.78 is 5.27. The van der Waals surface area contributed by atoms with E-state index in [4.69, 9.17) is 4.52 Å². The van der Waals surface area contributed by atoms with Gasteiger partial charge in [-0.2, -0.15) is 0 Å². The van der Waals surface area contributed by atoms with Crippen molar-refractivity contribution in [1.29, 1.82) is 0 Å². The molecule has 6 heteroatoms. The molecule has 1 aromatic carbocycles. The summed E-state index contributed by atoms with van der Waals surface area (Å²) in [5.74, 6) is 1.11. The number of rotatable bonds is 6. The first-order chi connectivity index (χ1) is 9.97. The molecule has 1 heterocycles. The van der Waals surface area contributed by atoms with Crippen LogP contribution >= 0.6 is 0 Å². The molecule has 0 radical (unpaired) electrons. The third kappa shape index (κ3) is 3.88. The number of aromatic nitrogens is 1. The van der Waals surface area contributed by atoms with Gasteiger partial charge in [0, 0.05) is 29.8 Å². The molecule has 0 saturated carbocycles. The van der Waals surface area contributed by atoms with Gasteiger partial charge in [0.2, 0.25) is 0 Å². The van der Waals surface area contributed by atoms with Crippen LogP contribution in [0.4, 0.5) is 5.69 Å². The Hall–Kier alpha value is -2.21. The van der Waals surface area contributed by atoms with Gasteiger partial charge in [0.15, 0.2) is 5.76 Å². The lowest BCUT2D eigenvalue weighted by Gasteiger charge is -2.04. The zero-order chi connectivity index (χ0) is 15.4. The largest absolute Gasteiger partial charge is 0.356 e. The van der Waals surface area contributed by atoms with Crippen molar-refractivity contribution in [3.05, 3.63) is 45.6 Å². The van der Waals surface area contributed by atoms with Gasteiger partial charge in [-0.3, -0.25) is 10.1 Å². The molecule has 0 aliphatic carbocycles. The van der Waals surface area contributed by atoms with Gasteiger partial charge in [-0.1, -0.05) is 31.1 Å². The number of nitrogens with one attached hydrogen (secondary N) is 1. The number of nitro groups is 1. The highest BCUT2D eigenvalue weighted by Crippen LogP contribution is 2.27. The zero-order valence-corrected chi connectivity index (χ0v) is 12.4. The van der Waals surface area contributed by atoms with Crippen LogP contribution in [0.25, 0.3) is 11.3 Å². The summed E-state index contributed by atoms with van der Waals surface area (Å²) in [5, 5.41) is 18.2. The Morgan fingerprint density at radius 1 is 1.38 bits per heavy atom. The number of aryl methyl sites for hydroxylation is 1. The van der Waals surface area contributed by atoms with E-state index in [0.29, 0.717) is 29.3 Å². The van der Waals surface area contributed by atoms with Crippen molar-refractivity contribution in [3.8, 4) is 11.3 Å². The Kier molecular flexibility index (Phi) is 4.70. The molecule has 2 aromatic rings. The minimum absolute atomic E-state index is 0.0865. The maximum Gasteiger partial charge on any atom is 0.273 e. The lowest BCUT2D eigenvalue weighted by molar-refractivity contribution is -0.385. The summed E-state index contributed by atoms with van der Waals surface area (Å²) >= 11 is 0. The van der Waals surface area contributed by atoms with E-state index in [-0.39, 0.29) is 10.6 Å². The summed E-state index contributed by atoms with van der Waals surface area (Å²) in [6.45, 7) is 7.50. The van der Waals surface area contributed by atoms with Crippen LogP contribution in [0.5, 0.6) is 0 Å². The number of benzene rings is 1. The highest BCUT2D eigenvalue weighted by atomic mass is 16.6. The molecular formula is C15H19N3O3. The van der Waals surface area contributed by atoms with Crippen molar-refractivity contribution < 1.29 is 9.45 Å². The number of hydrogen-bond acceptors (Lipinski definition) is 5. The van der Waals surface area contributed by atoms with E-state index in [1.54, 1.807) is 19.1 Å². The molecule has 1 N–H and O–H groups in total. The average molecular weight is 289 g/mol. The quantitative estimate of drug-likeness (QED) is 0.651. The van der Waals surface area contributed by atoms with Gasteiger partial charge in [-0.15, -0.1) is 0 Å². The van der Waals surface area contributed by atoms with Crippen LogP contribution in [0.1, 0.15) is 25.1 Å². The Morgan fingerprint density at radius 3 is 2.81 bits per heavy atom. The molecule has 0 bridgehead atoms. The fraction of sp³-hybridized carbons (Fsp3) is 0.400. The second kappa shape index (κ2) is 6.49. The van der Waals surface area contributed by atoms with Crippen LogP contribution in [-0.4, -0.2) is 16.6 Å². The molecule has 0 saturated heterocycles. The fourth-order valence-electron chi connectivity index (χ4n) is 1.98. The van der Waals surface area contributed by atoms with Gasteiger partial charge in [-0.05, 0) is 19.4 Å².